The molecule has 1 aromatic heterocycles. The van der Waals surface area contributed by atoms with Crippen molar-refractivity contribution in [3.63, 3.8) is 0 Å². The number of aryl methyl sites for hydroxylation is 1. The predicted octanol–water partition coefficient (Wildman–Crippen LogP) is 5.38. The van der Waals surface area contributed by atoms with E-state index in [0.29, 0.717) is 18.1 Å². The van der Waals surface area contributed by atoms with Crippen molar-refractivity contribution < 1.29 is 23.1 Å². The number of hydrogen-bond donors (Lipinski definition) is 0. The fourth-order valence-corrected chi connectivity index (χ4v) is 3.67. The van der Waals surface area contributed by atoms with Crippen LogP contribution in [-0.4, -0.2) is 18.6 Å². The SMILES string of the molecule is CCOc1ccc(OCc2ccc(C(=O)N3c4ccc(F)cc4CC[C@H]3C)o2)cc1. The summed E-state index contributed by atoms with van der Waals surface area (Å²) in [5, 5.41) is 0. The maximum Gasteiger partial charge on any atom is 0.294 e. The van der Waals surface area contributed by atoms with Gasteiger partial charge < -0.3 is 18.8 Å². The van der Waals surface area contributed by atoms with E-state index < -0.39 is 0 Å². The third-order valence-electron chi connectivity index (χ3n) is 5.18. The molecule has 2 heterocycles. The summed E-state index contributed by atoms with van der Waals surface area (Å²) in [6.07, 6.45) is 1.52. The van der Waals surface area contributed by atoms with E-state index in [1.54, 1.807) is 23.1 Å². The smallest absolute Gasteiger partial charge is 0.294 e. The standard InChI is InChI=1S/C24H24FNO4/c1-3-28-19-7-9-20(10-8-19)29-15-21-11-13-23(30-21)24(27)26-16(2)4-5-17-14-18(25)6-12-22(17)26/h6-14,16H,3-5,15H2,1-2H3/t16-/m1/s1. The van der Waals surface area contributed by atoms with Crippen molar-refractivity contribution in [3.05, 3.63) is 77.5 Å². The Bertz CT molecular complexity index is 1030. The molecule has 1 atom stereocenters. The summed E-state index contributed by atoms with van der Waals surface area (Å²) in [5.74, 6) is 1.74. The summed E-state index contributed by atoms with van der Waals surface area (Å²) < 4.78 is 30.5. The molecule has 0 fully saturated rings. The van der Waals surface area contributed by atoms with Crippen molar-refractivity contribution in [1.82, 2.24) is 0 Å². The van der Waals surface area contributed by atoms with Gasteiger partial charge in [-0.1, -0.05) is 0 Å². The molecular formula is C24H24FNO4. The second-order valence-electron chi connectivity index (χ2n) is 7.29. The van der Waals surface area contributed by atoms with Crippen LogP contribution in [-0.2, 0) is 13.0 Å². The lowest BCUT2D eigenvalue weighted by molar-refractivity contribution is 0.0944. The Morgan fingerprint density at radius 1 is 1.10 bits per heavy atom. The predicted molar refractivity (Wildman–Crippen MR) is 112 cm³/mol. The minimum atomic E-state index is -0.289. The number of carbonyl (C=O) groups excluding carboxylic acids is 1. The van der Waals surface area contributed by atoms with E-state index in [9.17, 15) is 9.18 Å². The maximum atomic E-state index is 13.6. The van der Waals surface area contributed by atoms with E-state index in [1.165, 1.54) is 12.1 Å². The maximum absolute atomic E-state index is 13.6. The van der Waals surface area contributed by atoms with Gasteiger partial charge in [0, 0.05) is 11.7 Å². The second-order valence-corrected chi connectivity index (χ2v) is 7.29. The van der Waals surface area contributed by atoms with Crippen LogP contribution < -0.4 is 14.4 Å². The van der Waals surface area contributed by atoms with Crippen LogP contribution in [0.2, 0.25) is 0 Å². The Hall–Kier alpha value is -3.28. The first-order valence-corrected chi connectivity index (χ1v) is 10.1. The Labute approximate surface area is 175 Å². The summed E-state index contributed by atoms with van der Waals surface area (Å²) in [5.41, 5.74) is 1.58. The van der Waals surface area contributed by atoms with Gasteiger partial charge >= 0.3 is 0 Å². The summed E-state index contributed by atoms with van der Waals surface area (Å²) in [6.45, 7) is 4.74. The van der Waals surface area contributed by atoms with Gasteiger partial charge in [0.2, 0.25) is 0 Å². The topological polar surface area (TPSA) is 51.9 Å². The number of halogens is 1. The summed E-state index contributed by atoms with van der Waals surface area (Å²) >= 11 is 0. The van der Waals surface area contributed by atoms with Gasteiger partial charge in [-0.05, 0) is 86.8 Å². The zero-order valence-corrected chi connectivity index (χ0v) is 17.1. The normalized spacial score (nSPS) is 15.6. The zero-order chi connectivity index (χ0) is 21.1. The molecule has 0 aliphatic carbocycles. The molecule has 3 aromatic rings. The van der Waals surface area contributed by atoms with Crippen LogP contribution in [0.1, 0.15) is 42.1 Å². The van der Waals surface area contributed by atoms with Crippen molar-refractivity contribution in [2.45, 2.75) is 39.3 Å². The number of benzene rings is 2. The van der Waals surface area contributed by atoms with Crippen LogP contribution in [0.4, 0.5) is 10.1 Å². The van der Waals surface area contributed by atoms with Gasteiger partial charge in [0.05, 0.1) is 6.61 Å². The first-order valence-electron chi connectivity index (χ1n) is 10.1. The van der Waals surface area contributed by atoms with E-state index in [1.807, 2.05) is 38.1 Å². The number of ether oxygens (including phenoxy) is 2. The Morgan fingerprint density at radius 2 is 1.83 bits per heavy atom. The van der Waals surface area contributed by atoms with E-state index in [2.05, 4.69) is 0 Å². The lowest BCUT2D eigenvalue weighted by atomic mass is 9.96. The van der Waals surface area contributed by atoms with Crippen LogP contribution in [0.3, 0.4) is 0 Å². The van der Waals surface area contributed by atoms with Crippen molar-refractivity contribution in [3.8, 4) is 11.5 Å². The van der Waals surface area contributed by atoms with E-state index in [-0.39, 0.29) is 30.1 Å². The summed E-state index contributed by atoms with van der Waals surface area (Å²) in [4.78, 5) is 14.8. The average Bonchev–Trinajstić information content (AvgIpc) is 3.22. The van der Waals surface area contributed by atoms with Crippen LogP contribution in [0.25, 0.3) is 0 Å². The Morgan fingerprint density at radius 3 is 2.57 bits per heavy atom. The highest BCUT2D eigenvalue weighted by Crippen LogP contribution is 2.33. The van der Waals surface area contributed by atoms with Crippen LogP contribution in [0.5, 0.6) is 11.5 Å². The lowest BCUT2D eigenvalue weighted by Gasteiger charge is -2.34. The van der Waals surface area contributed by atoms with Gasteiger partial charge in [0.15, 0.2) is 5.76 Å². The molecule has 0 saturated carbocycles. The molecule has 30 heavy (non-hydrogen) atoms. The van der Waals surface area contributed by atoms with Crippen molar-refractivity contribution in [2.75, 3.05) is 11.5 Å². The first kappa shape index (κ1) is 20.0. The molecule has 6 heteroatoms. The number of furan rings is 1. The Balaban J connectivity index is 1.45. The highest BCUT2D eigenvalue weighted by molar-refractivity contribution is 6.05. The molecule has 4 rings (SSSR count). The number of fused-ring (bicyclic) bond motifs is 1. The van der Waals surface area contributed by atoms with Gasteiger partial charge in [0.25, 0.3) is 5.91 Å². The number of amides is 1. The molecule has 0 saturated heterocycles. The number of anilines is 1. The third kappa shape index (κ3) is 4.17. The second kappa shape index (κ2) is 8.61. The van der Waals surface area contributed by atoms with E-state index in [0.717, 1.165) is 29.8 Å². The lowest BCUT2D eigenvalue weighted by Crippen LogP contribution is -2.42. The molecule has 1 amide bonds. The zero-order valence-electron chi connectivity index (χ0n) is 17.1. The fraction of sp³-hybridized carbons (Fsp3) is 0.292. The molecule has 5 nitrogen and oxygen atoms in total. The molecular weight excluding hydrogens is 385 g/mol. The minimum Gasteiger partial charge on any atom is -0.494 e. The van der Waals surface area contributed by atoms with Crippen LogP contribution in [0, 0.1) is 5.82 Å². The van der Waals surface area contributed by atoms with Crippen LogP contribution >= 0.6 is 0 Å². The molecule has 0 N–H and O–H groups in total. The number of carbonyl (C=O) groups is 1. The van der Waals surface area contributed by atoms with Gasteiger partial charge in [-0.2, -0.15) is 0 Å². The van der Waals surface area contributed by atoms with E-state index >= 15 is 0 Å². The molecule has 0 unspecified atom stereocenters. The highest BCUT2D eigenvalue weighted by Gasteiger charge is 2.30. The number of rotatable bonds is 6. The van der Waals surface area contributed by atoms with Crippen molar-refractivity contribution >= 4 is 11.6 Å². The van der Waals surface area contributed by atoms with Crippen molar-refractivity contribution in [1.29, 1.82) is 0 Å². The van der Waals surface area contributed by atoms with Crippen LogP contribution in [0.15, 0.2) is 59.0 Å². The molecule has 0 bridgehead atoms. The number of hydrogen-bond acceptors (Lipinski definition) is 4. The summed E-state index contributed by atoms with van der Waals surface area (Å²) in [7, 11) is 0. The average molecular weight is 409 g/mol. The molecule has 156 valence electrons. The largest absolute Gasteiger partial charge is 0.494 e. The molecule has 2 aromatic carbocycles. The Kier molecular flexibility index (Phi) is 5.74. The van der Waals surface area contributed by atoms with Gasteiger partial charge in [-0.15, -0.1) is 0 Å². The summed E-state index contributed by atoms with van der Waals surface area (Å²) in [6, 6.07) is 15.3. The fourth-order valence-electron chi connectivity index (χ4n) is 3.67. The number of nitrogens with zero attached hydrogens (tertiary/aromatic N) is 1. The van der Waals surface area contributed by atoms with Gasteiger partial charge in [-0.3, -0.25) is 4.79 Å². The van der Waals surface area contributed by atoms with E-state index in [4.69, 9.17) is 13.9 Å². The molecule has 1 aliphatic heterocycles. The monoisotopic (exact) mass is 409 g/mol. The quantitative estimate of drug-likeness (QED) is 0.549. The van der Waals surface area contributed by atoms with Crippen molar-refractivity contribution in [2.24, 2.45) is 0 Å². The third-order valence-corrected chi connectivity index (χ3v) is 5.18. The molecule has 0 spiro atoms. The van der Waals surface area contributed by atoms with Gasteiger partial charge in [-0.25, -0.2) is 4.39 Å². The molecule has 1 aliphatic rings. The van der Waals surface area contributed by atoms with Gasteiger partial charge in [0.1, 0.15) is 29.7 Å². The highest BCUT2D eigenvalue weighted by atomic mass is 19.1. The minimum absolute atomic E-state index is 0.00381. The first-order chi connectivity index (χ1) is 14.5. The molecule has 0 radical (unpaired) electrons.